The Morgan fingerprint density at radius 2 is 1.00 bits per heavy atom. The molecule has 7 amide bonds. The highest BCUT2D eigenvalue weighted by atomic mass is 16.6. The lowest BCUT2D eigenvalue weighted by molar-refractivity contribution is -0.156. The first-order valence-corrected chi connectivity index (χ1v) is 25.8. The van der Waals surface area contributed by atoms with E-state index >= 15 is 0 Å². The summed E-state index contributed by atoms with van der Waals surface area (Å²) < 4.78 is 11.5. The molecular formula is C58H78N8O10. The van der Waals surface area contributed by atoms with Crippen molar-refractivity contribution < 1.29 is 47.8 Å². The minimum atomic E-state index is -1.61. The molecule has 0 saturated carbocycles. The van der Waals surface area contributed by atoms with Gasteiger partial charge in [0.15, 0.2) is 0 Å². The number of primary amides is 1. The number of benzene rings is 4. The lowest BCUT2D eigenvalue weighted by Crippen LogP contribution is -2.61. The second-order valence-electron chi connectivity index (χ2n) is 21.1. The van der Waals surface area contributed by atoms with E-state index in [1.54, 1.807) is 65.8 Å². The van der Waals surface area contributed by atoms with Crippen LogP contribution < -0.4 is 48.1 Å². The Kier molecular flexibility index (Phi) is 22.3. The van der Waals surface area contributed by atoms with E-state index in [0.717, 1.165) is 0 Å². The molecule has 10 N–H and O–H groups in total. The Hall–Kier alpha value is -7.60. The highest BCUT2D eigenvalue weighted by Crippen LogP contribution is 2.37. The molecule has 0 radical (unpaired) electrons. The molecule has 0 unspecified atom stereocenters. The first-order valence-electron chi connectivity index (χ1n) is 25.8. The van der Waals surface area contributed by atoms with E-state index in [4.69, 9.17) is 20.9 Å². The number of ether oxygens (including phenoxy) is 2. The Morgan fingerprint density at radius 1 is 0.539 bits per heavy atom. The number of nitrogens with one attached hydrogen (secondary N) is 6. The average Bonchev–Trinajstić information content (AvgIpc) is 3.37. The van der Waals surface area contributed by atoms with Gasteiger partial charge in [0.1, 0.15) is 46.7 Å². The maximum Gasteiger partial charge on any atom is 0.308 e. The van der Waals surface area contributed by atoms with Crippen LogP contribution in [0.1, 0.15) is 117 Å². The Balaban J connectivity index is 1.73. The predicted molar refractivity (Wildman–Crippen MR) is 290 cm³/mol. The summed E-state index contributed by atoms with van der Waals surface area (Å²) >= 11 is 0. The lowest BCUT2D eigenvalue weighted by atomic mass is 9.77. The third-order valence-electron chi connectivity index (χ3n) is 12.6. The summed E-state index contributed by atoms with van der Waals surface area (Å²) in [5.41, 5.74) is 11.6. The monoisotopic (exact) mass is 1050 g/mol. The van der Waals surface area contributed by atoms with E-state index in [2.05, 4.69) is 31.9 Å². The maximum atomic E-state index is 14.8. The van der Waals surface area contributed by atoms with Crippen molar-refractivity contribution in [2.75, 3.05) is 6.54 Å². The van der Waals surface area contributed by atoms with Crippen LogP contribution in [0.25, 0.3) is 0 Å². The molecule has 0 aromatic heterocycles. The number of hydrogen-bond acceptors (Lipinski definition) is 11. The molecular weight excluding hydrogens is 969 g/mol. The first-order chi connectivity index (χ1) is 35.8. The van der Waals surface area contributed by atoms with Crippen LogP contribution >= 0.6 is 0 Å². The third-order valence-corrected chi connectivity index (χ3v) is 12.6. The van der Waals surface area contributed by atoms with Crippen LogP contribution in [0.5, 0.6) is 5.75 Å². The molecule has 7 atom stereocenters. The number of nitrogens with two attached hydrogens (primary N) is 2. The zero-order valence-electron chi connectivity index (χ0n) is 45.5. The van der Waals surface area contributed by atoms with Gasteiger partial charge < -0.3 is 52.8 Å². The fourth-order valence-electron chi connectivity index (χ4n) is 8.25. The van der Waals surface area contributed by atoms with Crippen molar-refractivity contribution in [2.45, 2.75) is 148 Å². The summed E-state index contributed by atoms with van der Waals surface area (Å²) in [5, 5.41) is 16.3. The highest BCUT2D eigenvalue weighted by molar-refractivity contribution is 5.98. The summed E-state index contributed by atoms with van der Waals surface area (Å²) in [6.45, 7) is 17.1. The smallest absolute Gasteiger partial charge is 0.308 e. The molecule has 0 fully saturated rings. The van der Waals surface area contributed by atoms with E-state index in [0.29, 0.717) is 40.8 Å². The molecule has 0 heterocycles. The number of rotatable bonds is 26. The van der Waals surface area contributed by atoms with E-state index in [1.165, 1.54) is 0 Å². The van der Waals surface area contributed by atoms with Gasteiger partial charge in [-0.15, -0.1) is 0 Å². The molecule has 18 heteroatoms. The number of carbonyl (C=O) groups is 8. The molecule has 4 aromatic rings. The number of carbonyl (C=O) groups excluding carboxylic acids is 8. The van der Waals surface area contributed by atoms with E-state index in [1.807, 2.05) is 119 Å². The predicted octanol–water partition coefficient (Wildman–Crippen LogP) is 4.60. The summed E-state index contributed by atoms with van der Waals surface area (Å²) in [7, 11) is 0. The first kappa shape index (κ1) is 61.0. The normalized spacial score (nSPS) is 14.4. The standard InChI is InChI=1S/C58H78N8O10/c1-11-36(3)49(60)54(73)63-45(34-48(69)76-57(8,9)10)52(71)62-43(32-38-28-30-42(31-29-38)75-56(5,6)7)53(72)65-50(37(4)12-2)55(74)64-44(51(70)61-35-46(59)67)33-47(68)66-58(39-22-16-13-17-23-39,40-24-18-14-19-25-40)41-26-20-15-21-27-41/h13-31,36-37,43-45,49-50H,11-12,32-35,60H2,1-10H3,(H2,59,67)(H,61,70)(H,62,71)(H,63,73)(H,64,74)(H,65,72)(H,66,68)/t36-,37-,43-,44-,45-,49-,50-/m0/s1. The van der Waals surface area contributed by atoms with Gasteiger partial charge in [-0.3, -0.25) is 38.4 Å². The van der Waals surface area contributed by atoms with Crippen LogP contribution in [0.15, 0.2) is 115 Å². The van der Waals surface area contributed by atoms with Gasteiger partial charge in [-0.2, -0.15) is 0 Å². The van der Waals surface area contributed by atoms with Crippen molar-refractivity contribution in [2.24, 2.45) is 23.3 Å². The van der Waals surface area contributed by atoms with Crippen LogP contribution in [-0.2, 0) is 55.1 Å². The molecule has 0 saturated heterocycles. The SMILES string of the molecule is CC[C@H](C)[C@H](N)C(=O)N[C@@H](CC(=O)OC(C)(C)C)C(=O)N[C@@H](Cc1ccc(OC(C)(C)C)cc1)C(=O)N[C@H](C(=O)N[C@@H](CC(=O)NC(c1ccccc1)(c1ccccc1)c1ccccc1)C(=O)NCC(N)=O)[C@@H](C)CC. The minimum absolute atomic E-state index is 0.147. The number of amides is 7. The quantitative estimate of drug-likeness (QED) is 0.0318. The van der Waals surface area contributed by atoms with Gasteiger partial charge in [0, 0.05) is 6.42 Å². The molecule has 410 valence electrons. The van der Waals surface area contributed by atoms with E-state index in [-0.39, 0.29) is 12.3 Å². The second kappa shape index (κ2) is 27.8. The van der Waals surface area contributed by atoms with Crippen molar-refractivity contribution in [3.63, 3.8) is 0 Å². The van der Waals surface area contributed by atoms with Gasteiger partial charge in [-0.05, 0) is 87.8 Å². The molecule has 76 heavy (non-hydrogen) atoms. The van der Waals surface area contributed by atoms with Gasteiger partial charge in [-0.25, -0.2) is 0 Å². The van der Waals surface area contributed by atoms with Crippen molar-refractivity contribution in [1.29, 1.82) is 0 Å². The fourth-order valence-corrected chi connectivity index (χ4v) is 8.25. The molecule has 18 nitrogen and oxygen atoms in total. The molecule has 0 spiro atoms. The summed E-state index contributed by atoms with van der Waals surface area (Å²) in [5.74, 6) is -6.92. The second-order valence-corrected chi connectivity index (χ2v) is 21.1. The average molecular weight is 1050 g/mol. The van der Waals surface area contributed by atoms with Crippen molar-refractivity contribution in [3.05, 3.63) is 138 Å². The molecule has 4 rings (SSSR count). The zero-order valence-corrected chi connectivity index (χ0v) is 45.5. The van der Waals surface area contributed by atoms with Crippen LogP contribution in [-0.4, -0.2) is 95.3 Å². The third kappa shape index (κ3) is 18.4. The maximum absolute atomic E-state index is 14.8. The molecule has 0 aliphatic heterocycles. The summed E-state index contributed by atoms with van der Waals surface area (Å²) in [6, 6.07) is 27.6. The molecule has 4 aromatic carbocycles. The highest BCUT2D eigenvalue weighted by Gasteiger charge is 2.40. The number of esters is 1. The van der Waals surface area contributed by atoms with Gasteiger partial charge in [-0.1, -0.05) is 144 Å². The zero-order chi connectivity index (χ0) is 56.4. The summed E-state index contributed by atoms with van der Waals surface area (Å²) in [6.07, 6.45) is -0.508. The van der Waals surface area contributed by atoms with E-state index < -0.39 is 120 Å². The van der Waals surface area contributed by atoms with Gasteiger partial charge in [0.05, 0.1) is 25.4 Å². The molecule has 0 aliphatic rings. The van der Waals surface area contributed by atoms with Gasteiger partial charge in [0.2, 0.25) is 41.4 Å². The Labute approximate surface area is 447 Å². The Morgan fingerprint density at radius 3 is 1.46 bits per heavy atom. The summed E-state index contributed by atoms with van der Waals surface area (Å²) in [4.78, 5) is 111. The van der Waals surface area contributed by atoms with Crippen LogP contribution in [0.4, 0.5) is 0 Å². The Bertz CT molecular complexity index is 2490. The van der Waals surface area contributed by atoms with Crippen molar-refractivity contribution in [3.8, 4) is 5.75 Å². The van der Waals surface area contributed by atoms with Crippen LogP contribution in [0, 0.1) is 11.8 Å². The lowest BCUT2D eigenvalue weighted by Gasteiger charge is -2.37. The molecule has 0 aliphatic carbocycles. The largest absolute Gasteiger partial charge is 0.488 e. The number of hydrogen-bond donors (Lipinski definition) is 8. The van der Waals surface area contributed by atoms with Crippen LogP contribution in [0.2, 0.25) is 0 Å². The van der Waals surface area contributed by atoms with Crippen molar-refractivity contribution >= 4 is 47.3 Å². The topological polar surface area (TPSA) is 279 Å². The van der Waals surface area contributed by atoms with E-state index in [9.17, 15) is 38.4 Å². The fraction of sp³-hybridized carbons (Fsp3) is 0.448. The van der Waals surface area contributed by atoms with Gasteiger partial charge in [0.25, 0.3) is 0 Å². The molecule has 0 bridgehead atoms. The van der Waals surface area contributed by atoms with Gasteiger partial charge >= 0.3 is 5.97 Å². The van der Waals surface area contributed by atoms with Crippen LogP contribution in [0.3, 0.4) is 0 Å². The minimum Gasteiger partial charge on any atom is -0.488 e. The van der Waals surface area contributed by atoms with Crippen molar-refractivity contribution in [1.82, 2.24) is 31.9 Å².